The summed E-state index contributed by atoms with van der Waals surface area (Å²) in [4.78, 5) is 9.39. The highest BCUT2D eigenvalue weighted by Crippen LogP contribution is 2.25. The number of nitro groups is 1. The minimum absolute atomic E-state index is 0.0711. The Hall–Kier alpha value is -1.58. The first-order valence-electron chi connectivity index (χ1n) is 6.28. The molecule has 0 bridgehead atoms. The third-order valence-corrected chi connectivity index (χ3v) is 4.90. The SMILES string of the molecule is CC(C)N(CCCO)S(=O)(=O)c1ccc(F)c([N+](=O)[O-])c1. The molecule has 0 spiro atoms. The molecule has 1 aromatic rings. The van der Waals surface area contributed by atoms with E-state index in [1.165, 1.54) is 0 Å². The van der Waals surface area contributed by atoms with Gasteiger partial charge in [-0.2, -0.15) is 8.70 Å². The molecule has 0 aliphatic rings. The van der Waals surface area contributed by atoms with Crippen LogP contribution in [0.3, 0.4) is 0 Å². The van der Waals surface area contributed by atoms with Gasteiger partial charge >= 0.3 is 5.69 Å². The Bertz CT molecular complexity index is 618. The molecular formula is C12H17FN2O5S. The molecule has 21 heavy (non-hydrogen) atoms. The molecule has 0 aromatic heterocycles. The lowest BCUT2D eigenvalue weighted by Gasteiger charge is -2.25. The van der Waals surface area contributed by atoms with E-state index >= 15 is 0 Å². The average Bonchev–Trinajstić information content (AvgIpc) is 2.38. The number of aliphatic hydroxyl groups excluding tert-OH is 1. The maximum absolute atomic E-state index is 13.3. The number of hydrogen-bond donors (Lipinski definition) is 1. The number of halogens is 1. The fourth-order valence-electron chi connectivity index (χ4n) is 1.81. The Labute approximate surface area is 122 Å². The summed E-state index contributed by atoms with van der Waals surface area (Å²) in [5.41, 5.74) is -0.887. The van der Waals surface area contributed by atoms with Gasteiger partial charge in [0, 0.05) is 25.3 Å². The minimum Gasteiger partial charge on any atom is -0.396 e. The van der Waals surface area contributed by atoms with Crippen LogP contribution in [0.1, 0.15) is 20.3 Å². The van der Waals surface area contributed by atoms with Crippen LogP contribution in [0.25, 0.3) is 0 Å². The van der Waals surface area contributed by atoms with Gasteiger partial charge in [-0.25, -0.2) is 8.42 Å². The Kier molecular flexibility index (Phi) is 5.76. The number of sulfonamides is 1. The highest BCUT2D eigenvalue weighted by molar-refractivity contribution is 7.89. The van der Waals surface area contributed by atoms with Gasteiger partial charge in [-0.05, 0) is 32.4 Å². The van der Waals surface area contributed by atoms with Gasteiger partial charge in [0.05, 0.1) is 9.82 Å². The van der Waals surface area contributed by atoms with E-state index in [1.807, 2.05) is 0 Å². The molecule has 0 amide bonds. The van der Waals surface area contributed by atoms with E-state index in [9.17, 15) is 22.9 Å². The number of nitro benzene ring substituents is 1. The first kappa shape index (κ1) is 17.5. The molecule has 0 heterocycles. The van der Waals surface area contributed by atoms with Crippen molar-refractivity contribution in [2.24, 2.45) is 0 Å². The molecule has 0 saturated heterocycles. The van der Waals surface area contributed by atoms with Gasteiger partial charge in [-0.1, -0.05) is 0 Å². The summed E-state index contributed by atoms with van der Waals surface area (Å²) in [7, 11) is -3.99. The second-order valence-corrected chi connectivity index (χ2v) is 6.55. The molecule has 0 aliphatic heterocycles. The Balaban J connectivity index is 3.28. The summed E-state index contributed by atoms with van der Waals surface area (Å²) in [5, 5.41) is 19.5. The largest absolute Gasteiger partial charge is 0.396 e. The summed E-state index contributed by atoms with van der Waals surface area (Å²) < 4.78 is 39.3. The highest BCUT2D eigenvalue weighted by atomic mass is 32.2. The van der Waals surface area contributed by atoms with Crippen LogP contribution in [0.15, 0.2) is 23.1 Å². The molecule has 0 unspecified atom stereocenters. The van der Waals surface area contributed by atoms with Crippen molar-refractivity contribution in [2.45, 2.75) is 31.2 Å². The third-order valence-electron chi connectivity index (χ3n) is 2.83. The van der Waals surface area contributed by atoms with Gasteiger partial charge in [0.25, 0.3) is 0 Å². The summed E-state index contributed by atoms with van der Waals surface area (Å²) in [6.45, 7) is 3.18. The zero-order valence-electron chi connectivity index (χ0n) is 11.7. The first-order chi connectivity index (χ1) is 9.71. The van der Waals surface area contributed by atoms with Crippen molar-refractivity contribution in [3.05, 3.63) is 34.1 Å². The zero-order chi connectivity index (χ0) is 16.2. The minimum atomic E-state index is -3.99. The smallest absolute Gasteiger partial charge is 0.306 e. The fraction of sp³-hybridized carbons (Fsp3) is 0.500. The van der Waals surface area contributed by atoms with E-state index in [2.05, 4.69) is 0 Å². The van der Waals surface area contributed by atoms with E-state index < -0.39 is 32.5 Å². The van der Waals surface area contributed by atoms with Crippen LogP contribution in [0.4, 0.5) is 10.1 Å². The summed E-state index contributed by atoms with van der Waals surface area (Å²) in [5.74, 6) is -1.09. The first-order valence-corrected chi connectivity index (χ1v) is 7.72. The van der Waals surface area contributed by atoms with Gasteiger partial charge in [-0.15, -0.1) is 0 Å². The van der Waals surface area contributed by atoms with Crippen molar-refractivity contribution in [3.63, 3.8) is 0 Å². The number of aliphatic hydroxyl groups is 1. The van der Waals surface area contributed by atoms with Crippen LogP contribution in [0.2, 0.25) is 0 Å². The maximum Gasteiger partial charge on any atom is 0.306 e. The van der Waals surface area contributed by atoms with Gasteiger partial charge in [0.2, 0.25) is 15.8 Å². The number of rotatable bonds is 7. The summed E-state index contributed by atoms with van der Waals surface area (Å²) in [6, 6.07) is 2.06. The molecular weight excluding hydrogens is 303 g/mol. The van der Waals surface area contributed by atoms with Crippen LogP contribution in [-0.2, 0) is 10.0 Å². The van der Waals surface area contributed by atoms with Crippen LogP contribution in [0, 0.1) is 15.9 Å². The average molecular weight is 320 g/mol. The third kappa shape index (κ3) is 3.96. The van der Waals surface area contributed by atoms with Crippen molar-refractivity contribution >= 4 is 15.7 Å². The second kappa shape index (κ2) is 6.92. The highest BCUT2D eigenvalue weighted by Gasteiger charge is 2.29. The Morgan fingerprint density at radius 2 is 2.05 bits per heavy atom. The summed E-state index contributed by atoms with van der Waals surface area (Å²) >= 11 is 0. The zero-order valence-corrected chi connectivity index (χ0v) is 12.5. The quantitative estimate of drug-likeness (QED) is 0.606. The molecule has 1 rings (SSSR count). The molecule has 0 radical (unpaired) electrons. The molecule has 0 aliphatic carbocycles. The van der Waals surface area contributed by atoms with E-state index in [1.54, 1.807) is 13.8 Å². The molecule has 0 atom stereocenters. The van der Waals surface area contributed by atoms with E-state index in [0.717, 1.165) is 16.4 Å². The number of nitrogens with zero attached hydrogens (tertiary/aromatic N) is 2. The molecule has 9 heteroatoms. The van der Waals surface area contributed by atoms with E-state index in [-0.39, 0.29) is 24.5 Å². The monoisotopic (exact) mass is 320 g/mol. The molecule has 0 fully saturated rings. The van der Waals surface area contributed by atoms with Crippen molar-refractivity contribution in [1.82, 2.24) is 4.31 Å². The summed E-state index contributed by atoms with van der Waals surface area (Å²) in [6.07, 6.45) is 0.237. The Morgan fingerprint density at radius 1 is 1.43 bits per heavy atom. The lowest BCUT2D eigenvalue weighted by molar-refractivity contribution is -0.387. The van der Waals surface area contributed by atoms with Gasteiger partial charge in [0.15, 0.2) is 0 Å². The van der Waals surface area contributed by atoms with Crippen molar-refractivity contribution in [2.75, 3.05) is 13.2 Å². The molecule has 1 aromatic carbocycles. The van der Waals surface area contributed by atoms with Crippen LogP contribution in [0.5, 0.6) is 0 Å². The fourth-order valence-corrected chi connectivity index (χ4v) is 3.51. The maximum atomic E-state index is 13.3. The molecule has 118 valence electrons. The normalized spacial score (nSPS) is 12.1. The van der Waals surface area contributed by atoms with Crippen LogP contribution in [-0.4, -0.2) is 41.9 Å². The van der Waals surface area contributed by atoms with Crippen LogP contribution < -0.4 is 0 Å². The van der Waals surface area contributed by atoms with Gasteiger partial charge in [-0.3, -0.25) is 10.1 Å². The predicted molar refractivity (Wildman–Crippen MR) is 73.8 cm³/mol. The lowest BCUT2D eigenvalue weighted by Crippen LogP contribution is -2.38. The lowest BCUT2D eigenvalue weighted by atomic mass is 10.3. The van der Waals surface area contributed by atoms with E-state index in [4.69, 9.17) is 5.11 Å². The van der Waals surface area contributed by atoms with E-state index in [0.29, 0.717) is 6.07 Å². The Morgan fingerprint density at radius 3 is 2.52 bits per heavy atom. The van der Waals surface area contributed by atoms with Gasteiger partial charge in [0.1, 0.15) is 0 Å². The number of hydrogen-bond acceptors (Lipinski definition) is 5. The topological polar surface area (TPSA) is 101 Å². The van der Waals surface area contributed by atoms with Crippen molar-refractivity contribution in [3.8, 4) is 0 Å². The van der Waals surface area contributed by atoms with Gasteiger partial charge < -0.3 is 5.11 Å². The van der Waals surface area contributed by atoms with Crippen molar-refractivity contribution in [1.29, 1.82) is 0 Å². The van der Waals surface area contributed by atoms with Crippen LogP contribution >= 0.6 is 0 Å². The number of benzene rings is 1. The van der Waals surface area contributed by atoms with Crippen molar-refractivity contribution < 1.29 is 22.8 Å². The second-order valence-electron chi connectivity index (χ2n) is 4.66. The predicted octanol–water partition coefficient (Wildman–Crippen LogP) is 1.52. The molecule has 1 N–H and O–H groups in total. The molecule has 0 saturated carbocycles. The molecule has 7 nitrogen and oxygen atoms in total. The standard InChI is InChI=1S/C12H17FN2O5S/c1-9(2)14(6-3-7-16)21(19,20)10-4-5-11(13)12(8-10)15(17)18/h4-5,8-9,16H,3,6-7H2,1-2H3.